The smallest absolute Gasteiger partial charge is 0.0193 e. The molecule has 1 unspecified atom stereocenters. The lowest BCUT2D eigenvalue weighted by molar-refractivity contribution is 0.425. The fourth-order valence-electron chi connectivity index (χ4n) is 2.72. The molecule has 0 aromatic carbocycles. The van der Waals surface area contributed by atoms with Crippen molar-refractivity contribution in [1.29, 1.82) is 0 Å². The first-order chi connectivity index (χ1) is 6.95. The van der Waals surface area contributed by atoms with Crippen LogP contribution in [0.15, 0.2) is 0 Å². The third-order valence-electron chi connectivity index (χ3n) is 3.67. The van der Waals surface area contributed by atoms with E-state index in [9.17, 15) is 0 Å². The fraction of sp³-hybridized carbons (Fsp3) is 1.00. The number of rotatable bonds is 3. The molecule has 1 aliphatic carbocycles. The molecular formula is C12H24N2. The van der Waals surface area contributed by atoms with Crippen molar-refractivity contribution in [2.45, 2.75) is 63.5 Å². The van der Waals surface area contributed by atoms with Gasteiger partial charge in [-0.2, -0.15) is 0 Å². The van der Waals surface area contributed by atoms with Crippen LogP contribution >= 0.6 is 0 Å². The Morgan fingerprint density at radius 2 is 1.71 bits per heavy atom. The zero-order valence-electron chi connectivity index (χ0n) is 9.23. The highest BCUT2D eigenvalue weighted by Gasteiger charge is 2.16. The van der Waals surface area contributed by atoms with Gasteiger partial charge in [-0.25, -0.2) is 0 Å². The van der Waals surface area contributed by atoms with Gasteiger partial charge in [0.1, 0.15) is 0 Å². The molecule has 0 aromatic rings. The molecule has 0 amide bonds. The average molecular weight is 196 g/mol. The van der Waals surface area contributed by atoms with E-state index in [1.807, 2.05) is 0 Å². The van der Waals surface area contributed by atoms with E-state index in [-0.39, 0.29) is 0 Å². The van der Waals surface area contributed by atoms with Crippen LogP contribution in [0.2, 0.25) is 0 Å². The number of hydrogen-bond acceptors (Lipinski definition) is 2. The quantitative estimate of drug-likeness (QED) is 0.675. The number of nitrogens with one attached hydrogen (secondary N) is 2. The van der Waals surface area contributed by atoms with Gasteiger partial charge in [0.15, 0.2) is 0 Å². The first-order valence-electron chi connectivity index (χ1n) is 6.42. The molecule has 1 aliphatic heterocycles. The van der Waals surface area contributed by atoms with E-state index >= 15 is 0 Å². The van der Waals surface area contributed by atoms with Crippen LogP contribution in [0.3, 0.4) is 0 Å². The highest BCUT2D eigenvalue weighted by Crippen LogP contribution is 2.17. The Balaban J connectivity index is 1.62. The monoisotopic (exact) mass is 196 g/mol. The second-order valence-corrected chi connectivity index (χ2v) is 4.89. The summed E-state index contributed by atoms with van der Waals surface area (Å²) < 4.78 is 0. The molecule has 0 radical (unpaired) electrons. The average Bonchev–Trinajstić information content (AvgIpc) is 2.58. The summed E-state index contributed by atoms with van der Waals surface area (Å²) in [5.41, 5.74) is 0. The Hall–Kier alpha value is -0.0800. The predicted octanol–water partition coefficient (Wildman–Crippen LogP) is 2.05. The van der Waals surface area contributed by atoms with Crippen molar-refractivity contribution in [2.24, 2.45) is 0 Å². The summed E-state index contributed by atoms with van der Waals surface area (Å²) >= 11 is 0. The van der Waals surface area contributed by atoms with E-state index in [0.717, 1.165) is 12.1 Å². The number of hydrogen-bond donors (Lipinski definition) is 2. The van der Waals surface area contributed by atoms with E-state index in [1.54, 1.807) is 0 Å². The van der Waals surface area contributed by atoms with Crippen LogP contribution in [0.25, 0.3) is 0 Å². The normalized spacial score (nSPS) is 30.4. The van der Waals surface area contributed by atoms with Crippen LogP contribution in [-0.4, -0.2) is 25.2 Å². The molecular weight excluding hydrogens is 172 g/mol. The zero-order valence-corrected chi connectivity index (χ0v) is 9.23. The summed E-state index contributed by atoms with van der Waals surface area (Å²) in [6, 6.07) is 1.58. The Labute approximate surface area is 87.8 Å². The molecule has 2 N–H and O–H groups in total. The van der Waals surface area contributed by atoms with Crippen molar-refractivity contribution in [3.63, 3.8) is 0 Å². The lowest BCUT2D eigenvalue weighted by Crippen LogP contribution is -2.39. The molecule has 1 saturated heterocycles. The third-order valence-corrected chi connectivity index (χ3v) is 3.67. The van der Waals surface area contributed by atoms with Gasteiger partial charge in [0.2, 0.25) is 0 Å². The van der Waals surface area contributed by atoms with Crippen molar-refractivity contribution < 1.29 is 0 Å². The molecule has 82 valence electrons. The zero-order chi connectivity index (χ0) is 9.64. The van der Waals surface area contributed by atoms with Crippen molar-refractivity contribution >= 4 is 0 Å². The highest BCUT2D eigenvalue weighted by molar-refractivity contribution is 4.79. The largest absolute Gasteiger partial charge is 0.313 e. The van der Waals surface area contributed by atoms with Crippen LogP contribution in [0.4, 0.5) is 0 Å². The maximum Gasteiger partial charge on any atom is 0.0193 e. The molecule has 1 atom stereocenters. The molecule has 2 aliphatic rings. The van der Waals surface area contributed by atoms with Gasteiger partial charge in [0.05, 0.1) is 0 Å². The molecule has 2 rings (SSSR count). The SMILES string of the molecule is C1CCCC(NCC2CCCN2)CC1. The second-order valence-electron chi connectivity index (χ2n) is 4.89. The minimum absolute atomic E-state index is 0.762. The molecule has 2 fully saturated rings. The standard InChI is InChI=1S/C12H24N2/c1-2-4-7-11(6-3-1)14-10-12-8-5-9-13-12/h11-14H,1-10H2. The Kier molecular flexibility index (Phi) is 4.26. The van der Waals surface area contributed by atoms with Crippen LogP contribution in [0.1, 0.15) is 51.4 Å². The van der Waals surface area contributed by atoms with Crippen LogP contribution in [0, 0.1) is 0 Å². The summed E-state index contributed by atoms with van der Waals surface area (Å²) in [6.07, 6.45) is 11.4. The maximum absolute atomic E-state index is 3.74. The van der Waals surface area contributed by atoms with Crippen LogP contribution < -0.4 is 10.6 Å². The van der Waals surface area contributed by atoms with E-state index in [0.29, 0.717) is 0 Å². The topological polar surface area (TPSA) is 24.1 Å². The van der Waals surface area contributed by atoms with Crippen molar-refractivity contribution in [2.75, 3.05) is 13.1 Å². The van der Waals surface area contributed by atoms with Crippen LogP contribution in [-0.2, 0) is 0 Å². The van der Waals surface area contributed by atoms with Gasteiger partial charge in [-0.3, -0.25) is 0 Å². The minimum atomic E-state index is 0.762. The van der Waals surface area contributed by atoms with Gasteiger partial charge in [-0.15, -0.1) is 0 Å². The summed E-state index contributed by atoms with van der Waals surface area (Å²) in [6.45, 7) is 2.43. The first-order valence-corrected chi connectivity index (χ1v) is 6.42. The molecule has 1 heterocycles. The van der Waals surface area contributed by atoms with Crippen molar-refractivity contribution in [1.82, 2.24) is 10.6 Å². The summed E-state index contributed by atoms with van der Waals surface area (Å²) in [5.74, 6) is 0. The summed E-state index contributed by atoms with van der Waals surface area (Å²) in [4.78, 5) is 0. The Morgan fingerprint density at radius 3 is 2.36 bits per heavy atom. The van der Waals surface area contributed by atoms with Crippen molar-refractivity contribution in [3.8, 4) is 0 Å². The fourth-order valence-corrected chi connectivity index (χ4v) is 2.72. The molecule has 0 aromatic heterocycles. The molecule has 2 heteroatoms. The van der Waals surface area contributed by atoms with Gasteiger partial charge in [0.25, 0.3) is 0 Å². The molecule has 1 saturated carbocycles. The Morgan fingerprint density at radius 1 is 0.929 bits per heavy atom. The van der Waals surface area contributed by atoms with E-state index in [1.165, 1.54) is 64.5 Å². The van der Waals surface area contributed by atoms with Crippen molar-refractivity contribution in [3.05, 3.63) is 0 Å². The van der Waals surface area contributed by atoms with E-state index in [4.69, 9.17) is 0 Å². The van der Waals surface area contributed by atoms with Gasteiger partial charge < -0.3 is 10.6 Å². The maximum atomic E-state index is 3.74. The van der Waals surface area contributed by atoms with Gasteiger partial charge in [-0.1, -0.05) is 25.7 Å². The van der Waals surface area contributed by atoms with Gasteiger partial charge in [0, 0.05) is 18.6 Å². The second kappa shape index (κ2) is 5.72. The summed E-state index contributed by atoms with van der Waals surface area (Å²) in [7, 11) is 0. The minimum Gasteiger partial charge on any atom is -0.313 e. The lowest BCUT2D eigenvalue weighted by atomic mass is 10.1. The predicted molar refractivity (Wildman–Crippen MR) is 60.5 cm³/mol. The Bertz CT molecular complexity index is 144. The highest BCUT2D eigenvalue weighted by atomic mass is 15.0. The van der Waals surface area contributed by atoms with E-state index in [2.05, 4.69) is 10.6 Å². The third kappa shape index (κ3) is 3.25. The molecule has 0 bridgehead atoms. The van der Waals surface area contributed by atoms with Crippen LogP contribution in [0.5, 0.6) is 0 Å². The first kappa shape index (κ1) is 10.4. The van der Waals surface area contributed by atoms with Gasteiger partial charge in [-0.05, 0) is 32.2 Å². The lowest BCUT2D eigenvalue weighted by Gasteiger charge is -2.19. The molecule has 14 heavy (non-hydrogen) atoms. The molecule has 0 spiro atoms. The van der Waals surface area contributed by atoms with Gasteiger partial charge >= 0.3 is 0 Å². The van der Waals surface area contributed by atoms with E-state index < -0.39 is 0 Å². The molecule has 2 nitrogen and oxygen atoms in total. The summed E-state index contributed by atoms with van der Waals surface area (Å²) in [5, 5.41) is 7.29.